The van der Waals surface area contributed by atoms with Gasteiger partial charge in [-0.3, -0.25) is 10.1 Å². The standard InChI is InChI=1S/C24H15N3O4/c28-27(29)22-23(30-20-11-9-16-5-1-3-7-18(16)13-20)25-15-26-24(22)31-21-12-10-17-6-2-4-8-19(17)14-21/h1-15H. The molecule has 5 rings (SSSR count). The molecular formula is C24H15N3O4. The van der Waals surface area contributed by atoms with Gasteiger partial charge in [-0.15, -0.1) is 0 Å². The quantitative estimate of drug-likeness (QED) is 0.251. The molecule has 1 aromatic heterocycles. The number of fused-ring (bicyclic) bond motifs is 2. The van der Waals surface area contributed by atoms with Crippen LogP contribution in [-0.4, -0.2) is 14.9 Å². The van der Waals surface area contributed by atoms with Crippen molar-refractivity contribution in [3.05, 3.63) is 101 Å². The molecule has 0 aliphatic rings. The Labute approximate surface area is 176 Å². The van der Waals surface area contributed by atoms with Gasteiger partial charge in [0.05, 0.1) is 4.92 Å². The number of nitro groups is 1. The highest BCUT2D eigenvalue weighted by Gasteiger charge is 2.27. The van der Waals surface area contributed by atoms with E-state index in [1.807, 2.05) is 60.7 Å². The zero-order valence-electron chi connectivity index (χ0n) is 16.1. The van der Waals surface area contributed by atoms with Crippen LogP contribution in [0.15, 0.2) is 91.3 Å². The van der Waals surface area contributed by atoms with Crippen molar-refractivity contribution < 1.29 is 14.4 Å². The fourth-order valence-electron chi connectivity index (χ4n) is 3.34. The summed E-state index contributed by atoms with van der Waals surface area (Å²) in [6.07, 6.45) is 1.18. The molecule has 0 spiro atoms. The van der Waals surface area contributed by atoms with Gasteiger partial charge < -0.3 is 9.47 Å². The van der Waals surface area contributed by atoms with Crippen molar-refractivity contribution in [1.29, 1.82) is 0 Å². The molecule has 4 aromatic carbocycles. The zero-order valence-corrected chi connectivity index (χ0v) is 16.1. The number of rotatable bonds is 5. The lowest BCUT2D eigenvalue weighted by Gasteiger charge is -2.10. The molecule has 0 fully saturated rings. The Balaban J connectivity index is 1.51. The summed E-state index contributed by atoms with van der Waals surface area (Å²) in [7, 11) is 0. The third kappa shape index (κ3) is 3.72. The number of hydrogen-bond donors (Lipinski definition) is 0. The second-order valence-corrected chi connectivity index (χ2v) is 6.81. The number of aromatic nitrogens is 2. The Bertz CT molecular complexity index is 1340. The summed E-state index contributed by atoms with van der Waals surface area (Å²) >= 11 is 0. The molecule has 0 bridgehead atoms. The van der Waals surface area contributed by atoms with Crippen molar-refractivity contribution in [3.63, 3.8) is 0 Å². The lowest BCUT2D eigenvalue weighted by molar-refractivity contribution is -0.387. The monoisotopic (exact) mass is 409 g/mol. The van der Waals surface area contributed by atoms with Crippen molar-refractivity contribution in [3.8, 4) is 23.3 Å². The lowest BCUT2D eigenvalue weighted by atomic mass is 10.1. The minimum absolute atomic E-state index is 0.189. The first kappa shape index (κ1) is 18.5. The van der Waals surface area contributed by atoms with Gasteiger partial charge in [0.2, 0.25) is 0 Å². The molecule has 0 aliphatic heterocycles. The molecule has 7 heteroatoms. The van der Waals surface area contributed by atoms with Crippen LogP contribution in [0.3, 0.4) is 0 Å². The van der Waals surface area contributed by atoms with Crippen LogP contribution < -0.4 is 9.47 Å². The Morgan fingerprint density at radius 3 is 1.55 bits per heavy atom. The minimum Gasteiger partial charge on any atom is -0.433 e. The Morgan fingerprint density at radius 2 is 1.10 bits per heavy atom. The lowest BCUT2D eigenvalue weighted by Crippen LogP contribution is -2.01. The van der Waals surface area contributed by atoms with Crippen LogP contribution in [0.2, 0.25) is 0 Å². The van der Waals surface area contributed by atoms with Gasteiger partial charge in [0.1, 0.15) is 17.8 Å². The fourth-order valence-corrected chi connectivity index (χ4v) is 3.34. The van der Waals surface area contributed by atoms with Crippen LogP contribution in [0, 0.1) is 10.1 Å². The number of benzene rings is 4. The van der Waals surface area contributed by atoms with Gasteiger partial charge in [-0.25, -0.2) is 0 Å². The first-order chi connectivity index (χ1) is 15.2. The normalized spacial score (nSPS) is 10.8. The number of hydrogen-bond acceptors (Lipinski definition) is 6. The highest BCUT2D eigenvalue weighted by molar-refractivity contribution is 5.84. The third-order valence-electron chi connectivity index (χ3n) is 4.81. The number of ether oxygens (including phenoxy) is 2. The molecule has 0 saturated heterocycles. The van der Waals surface area contributed by atoms with Crippen molar-refractivity contribution in [2.75, 3.05) is 0 Å². The minimum atomic E-state index is -0.604. The zero-order chi connectivity index (χ0) is 21.2. The van der Waals surface area contributed by atoms with Gasteiger partial charge in [-0.2, -0.15) is 9.97 Å². The smallest absolute Gasteiger partial charge is 0.393 e. The van der Waals surface area contributed by atoms with Gasteiger partial charge in [-0.05, 0) is 45.8 Å². The molecule has 0 radical (unpaired) electrons. The fraction of sp³-hybridized carbons (Fsp3) is 0. The molecule has 0 saturated carbocycles. The third-order valence-corrected chi connectivity index (χ3v) is 4.81. The summed E-state index contributed by atoms with van der Waals surface area (Å²) in [6.45, 7) is 0. The molecule has 31 heavy (non-hydrogen) atoms. The first-order valence-corrected chi connectivity index (χ1v) is 9.50. The maximum Gasteiger partial charge on any atom is 0.393 e. The molecular weight excluding hydrogens is 394 g/mol. The molecule has 0 N–H and O–H groups in total. The largest absolute Gasteiger partial charge is 0.433 e. The van der Waals surface area contributed by atoms with E-state index in [4.69, 9.17) is 9.47 Å². The van der Waals surface area contributed by atoms with Crippen LogP contribution >= 0.6 is 0 Å². The summed E-state index contributed by atoms with van der Waals surface area (Å²) in [5.74, 6) is 0.478. The van der Waals surface area contributed by atoms with Crippen molar-refractivity contribution in [2.24, 2.45) is 0 Å². The highest BCUT2D eigenvalue weighted by Crippen LogP contribution is 2.38. The molecule has 0 aliphatic carbocycles. The maximum atomic E-state index is 11.8. The van der Waals surface area contributed by atoms with Crippen LogP contribution in [0.4, 0.5) is 5.69 Å². The topological polar surface area (TPSA) is 87.4 Å². The van der Waals surface area contributed by atoms with Crippen LogP contribution in [-0.2, 0) is 0 Å². The van der Waals surface area contributed by atoms with Crippen molar-refractivity contribution >= 4 is 27.2 Å². The average molecular weight is 409 g/mol. The average Bonchev–Trinajstić information content (AvgIpc) is 2.79. The predicted octanol–water partition coefficient (Wildman–Crippen LogP) is 6.28. The summed E-state index contributed by atoms with van der Waals surface area (Å²) in [5, 5.41) is 15.8. The van der Waals surface area contributed by atoms with Crippen molar-refractivity contribution in [2.45, 2.75) is 0 Å². The Hall–Kier alpha value is -4.52. The Morgan fingerprint density at radius 1 is 0.645 bits per heavy atom. The first-order valence-electron chi connectivity index (χ1n) is 9.50. The van der Waals surface area contributed by atoms with Gasteiger partial charge in [0, 0.05) is 0 Å². The maximum absolute atomic E-state index is 11.8. The molecule has 0 atom stereocenters. The van der Waals surface area contributed by atoms with E-state index in [9.17, 15) is 10.1 Å². The van der Waals surface area contributed by atoms with E-state index in [1.54, 1.807) is 24.3 Å². The second kappa shape index (κ2) is 7.72. The van der Waals surface area contributed by atoms with E-state index in [2.05, 4.69) is 9.97 Å². The van der Waals surface area contributed by atoms with E-state index in [-0.39, 0.29) is 11.8 Å². The molecule has 0 unspecified atom stereocenters. The van der Waals surface area contributed by atoms with Gasteiger partial charge in [0.15, 0.2) is 0 Å². The van der Waals surface area contributed by atoms with E-state index in [0.717, 1.165) is 21.5 Å². The Kier molecular flexibility index (Phi) is 4.61. The summed E-state index contributed by atoms with van der Waals surface area (Å²) < 4.78 is 11.5. The van der Waals surface area contributed by atoms with Gasteiger partial charge in [0.25, 0.3) is 0 Å². The summed E-state index contributed by atoms with van der Waals surface area (Å²) in [4.78, 5) is 19.2. The van der Waals surface area contributed by atoms with E-state index >= 15 is 0 Å². The van der Waals surface area contributed by atoms with Crippen molar-refractivity contribution in [1.82, 2.24) is 9.97 Å². The van der Waals surface area contributed by atoms with E-state index < -0.39 is 10.6 Å². The van der Waals surface area contributed by atoms with Gasteiger partial charge >= 0.3 is 17.4 Å². The summed E-state index contributed by atoms with van der Waals surface area (Å²) in [6, 6.07) is 26.3. The van der Waals surface area contributed by atoms with Gasteiger partial charge in [-0.1, -0.05) is 60.7 Å². The molecule has 0 amide bonds. The number of nitrogens with zero attached hydrogens (tertiary/aromatic N) is 3. The van der Waals surface area contributed by atoms with E-state index in [0.29, 0.717) is 11.5 Å². The molecule has 150 valence electrons. The van der Waals surface area contributed by atoms with Crippen LogP contribution in [0.5, 0.6) is 23.3 Å². The van der Waals surface area contributed by atoms with E-state index in [1.165, 1.54) is 6.33 Å². The van der Waals surface area contributed by atoms with Crippen LogP contribution in [0.25, 0.3) is 21.5 Å². The summed E-state index contributed by atoms with van der Waals surface area (Å²) in [5.41, 5.74) is -0.441. The molecule has 7 nitrogen and oxygen atoms in total. The predicted molar refractivity (Wildman–Crippen MR) is 117 cm³/mol. The molecule has 1 heterocycles. The SMILES string of the molecule is O=[N+]([O-])c1c(Oc2ccc3ccccc3c2)ncnc1Oc1ccc2ccccc2c1. The highest BCUT2D eigenvalue weighted by atomic mass is 16.6. The molecule has 5 aromatic rings. The second-order valence-electron chi connectivity index (χ2n) is 6.81. The van der Waals surface area contributed by atoms with Crippen LogP contribution in [0.1, 0.15) is 0 Å².